The van der Waals surface area contributed by atoms with Crippen molar-refractivity contribution < 1.29 is 76.1 Å². The third-order valence-electron chi connectivity index (χ3n) is 7.10. The average molecular weight is 821 g/mol. The number of hydrogen-bond donors (Lipinski definition) is 9. The van der Waals surface area contributed by atoms with Gasteiger partial charge < -0.3 is 52.1 Å². The van der Waals surface area contributed by atoms with E-state index in [4.69, 9.17) is 25.2 Å². The minimum absolute atomic E-state index is 0.00177. The summed E-state index contributed by atoms with van der Waals surface area (Å²) in [6.07, 6.45) is -5.84. The number of carbonyl (C=O) groups is 9. The molecule has 20 nitrogen and oxygen atoms in total. The van der Waals surface area contributed by atoms with E-state index in [1.165, 1.54) is 30.0 Å². The third-order valence-corrected chi connectivity index (χ3v) is 7.75. The lowest BCUT2D eigenvalue weighted by Gasteiger charge is -2.26. The van der Waals surface area contributed by atoms with Gasteiger partial charge in [-0.3, -0.25) is 38.4 Å². The molecule has 10 N–H and O–H groups in total. The standard InChI is InChI=1S/C30H38N6O12S.C2HF3O2/c1-14-10-26(43)48-22-11-16(4-5-17(14)22)33-29(46)21(13-25(41)42)36-27(44)18(6-7-23(31)38)34-28(45)19(8-9-49-3)35-30(47)20(12-24(39)40)32-15(2)37;3-2(4,5)1(6)7/h4-5,10-11,18-21H,6-9,12-13H2,1-3H3,(H2,31,38)(H,32,37)(H,33,46)(H,34,45)(H,35,47)(H,36,44)(H,39,40)(H,41,42);(H,6,7)/t18-,19-,20-,21-;/m0./s1. The van der Waals surface area contributed by atoms with Crippen LogP contribution in [0.2, 0.25) is 0 Å². The van der Waals surface area contributed by atoms with Gasteiger partial charge in [0.2, 0.25) is 35.4 Å². The Morgan fingerprint density at radius 2 is 1.27 bits per heavy atom. The molecule has 0 aliphatic carbocycles. The number of anilines is 1. The van der Waals surface area contributed by atoms with Gasteiger partial charge in [-0.15, -0.1) is 0 Å². The van der Waals surface area contributed by atoms with Crippen LogP contribution < -0.4 is 37.9 Å². The number of primary amides is 1. The summed E-state index contributed by atoms with van der Waals surface area (Å²) in [4.78, 5) is 119. The Morgan fingerprint density at radius 1 is 0.786 bits per heavy atom. The zero-order valence-electron chi connectivity index (χ0n) is 29.8. The van der Waals surface area contributed by atoms with Crippen molar-refractivity contribution in [2.24, 2.45) is 5.73 Å². The molecule has 1 aromatic heterocycles. The quantitative estimate of drug-likeness (QED) is 0.0815. The molecule has 0 fully saturated rings. The second-order valence-corrected chi connectivity index (χ2v) is 12.7. The van der Waals surface area contributed by atoms with Crippen molar-refractivity contribution in [1.29, 1.82) is 0 Å². The van der Waals surface area contributed by atoms with E-state index in [2.05, 4.69) is 26.6 Å². The third kappa shape index (κ3) is 17.3. The van der Waals surface area contributed by atoms with E-state index in [0.29, 0.717) is 16.7 Å². The number of carbonyl (C=O) groups excluding carboxylic acids is 6. The summed E-state index contributed by atoms with van der Waals surface area (Å²) in [5, 5.41) is 38.0. The Kier molecular flexibility index (Phi) is 19.0. The largest absolute Gasteiger partial charge is 0.490 e. The van der Waals surface area contributed by atoms with Gasteiger partial charge in [-0.2, -0.15) is 24.9 Å². The number of nitrogens with two attached hydrogens (primary N) is 1. The number of nitrogens with one attached hydrogen (secondary N) is 5. The zero-order valence-corrected chi connectivity index (χ0v) is 30.6. The lowest BCUT2D eigenvalue weighted by Crippen LogP contribution is -2.58. The van der Waals surface area contributed by atoms with Crippen LogP contribution in [0.3, 0.4) is 0 Å². The molecule has 0 saturated heterocycles. The molecule has 308 valence electrons. The number of halogens is 3. The smallest absolute Gasteiger partial charge is 0.481 e. The van der Waals surface area contributed by atoms with Gasteiger partial charge in [-0.25, -0.2) is 9.59 Å². The number of carboxylic acids is 3. The summed E-state index contributed by atoms with van der Waals surface area (Å²) in [7, 11) is 0. The van der Waals surface area contributed by atoms with Crippen LogP contribution in [0.4, 0.5) is 18.9 Å². The fourth-order valence-electron chi connectivity index (χ4n) is 4.52. The molecular weight excluding hydrogens is 781 g/mol. The number of rotatable bonds is 19. The predicted octanol–water partition coefficient (Wildman–Crippen LogP) is -0.400. The minimum Gasteiger partial charge on any atom is -0.481 e. The number of carboxylic acid groups (broad SMARTS) is 3. The van der Waals surface area contributed by atoms with E-state index in [-0.39, 0.29) is 24.1 Å². The number of fused-ring (bicyclic) bond motifs is 1. The lowest BCUT2D eigenvalue weighted by molar-refractivity contribution is -0.192. The van der Waals surface area contributed by atoms with Crippen molar-refractivity contribution in [3.63, 3.8) is 0 Å². The Morgan fingerprint density at radius 3 is 1.73 bits per heavy atom. The fraction of sp³-hybridized carbons (Fsp3) is 0.438. The first kappa shape index (κ1) is 47.8. The molecule has 2 rings (SSSR count). The number of aliphatic carboxylic acids is 3. The lowest BCUT2D eigenvalue weighted by atomic mass is 10.1. The second-order valence-electron chi connectivity index (χ2n) is 11.7. The van der Waals surface area contributed by atoms with E-state index in [0.717, 1.165) is 6.92 Å². The number of benzene rings is 1. The van der Waals surface area contributed by atoms with Crippen molar-refractivity contribution in [2.45, 2.75) is 76.3 Å². The first-order chi connectivity index (χ1) is 25.9. The highest BCUT2D eigenvalue weighted by molar-refractivity contribution is 7.98. The summed E-state index contributed by atoms with van der Waals surface area (Å²) in [5.41, 5.74) is 5.49. The molecule has 0 unspecified atom stereocenters. The first-order valence-corrected chi connectivity index (χ1v) is 17.4. The molecule has 56 heavy (non-hydrogen) atoms. The van der Waals surface area contributed by atoms with Crippen LogP contribution in [0.15, 0.2) is 33.5 Å². The summed E-state index contributed by atoms with van der Waals surface area (Å²) in [6.45, 7) is 2.76. The normalized spacial score (nSPS) is 13.0. The van der Waals surface area contributed by atoms with Crippen molar-refractivity contribution in [1.82, 2.24) is 21.3 Å². The van der Waals surface area contributed by atoms with Crippen molar-refractivity contribution in [2.75, 3.05) is 17.3 Å². The van der Waals surface area contributed by atoms with Crippen molar-refractivity contribution in [3.05, 3.63) is 40.2 Å². The molecule has 0 radical (unpaired) electrons. The number of aryl methyl sites for hydroxylation is 1. The maximum Gasteiger partial charge on any atom is 0.490 e. The average Bonchev–Trinajstić information content (AvgIpc) is 3.06. The number of thioether (sulfide) groups is 1. The van der Waals surface area contributed by atoms with E-state index in [1.54, 1.807) is 19.2 Å². The van der Waals surface area contributed by atoms with E-state index in [1.807, 2.05) is 0 Å². The first-order valence-electron chi connectivity index (χ1n) is 16.0. The SMILES string of the molecule is CSCC[C@H](NC(=O)[C@H](CC(=O)O)NC(C)=O)C(=O)N[C@@H](CCC(N)=O)C(=O)N[C@@H](CC(=O)O)C(=O)Nc1ccc2c(C)cc(=O)oc2c1.O=C(O)C(F)(F)F. The maximum atomic E-state index is 13.4. The monoisotopic (exact) mass is 820 g/mol. The van der Waals surface area contributed by atoms with Crippen molar-refractivity contribution in [3.8, 4) is 0 Å². The van der Waals surface area contributed by atoms with Gasteiger partial charge in [0, 0.05) is 36.6 Å². The zero-order chi connectivity index (χ0) is 42.9. The van der Waals surface area contributed by atoms with Crippen LogP contribution in [-0.2, 0) is 43.2 Å². The van der Waals surface area contributed by atoms with Crippen LogP contribution in [0.25, 0.3) is 11.0 Å². The van der Waals surface area contributed by atoms with Crippen LogP contribution >= 0.6 is 11.8 Å². The molecule has 1 aromatic carbocycles. The van der Waals surface area contributed by atoms with Gasteiger partial charge in [-0.05, 0) is 49.5 Å². The molecule has 0 aliphatic rings. The Balaban J connectivity index is 0.00000203. The van der Waals surface area contributed by atoms with Crippen LogP contribution in [0.1, 0.15) is 44.6 Å². The van der Waals surface area contributed by atoms with E-state index < -0.39 is 109 Å². The summed E-state index contributed by atoms with van der Waals surface area (Å²) >= 11 is 1.31. The molecule has 24 heteroatoms. The topological polar surface area (TPSA) is 331 Å². The van der Waals surface area contributed by atoms with Gasteiger partial charge >= 0.3 is 29.7 Å². The predicted molar refractivity (Wildman–Crippen MR) is 189 cm³/mol. The Hall–Kier alpha value is -6.20. The minimum atomic E-state index is -5.08. The molecular formula is C32H39F3N6O14S. The van der Waals surface area contributed by atoms with E-state index in [9.17, 15) is 61.4 Å². The molecule has 1 heterocycles. The van der Waals surface area contributed by atoms with Gasteiger partial charge in [-0.1, -0.05) is 0 Å². The highest BCUT2D eigenvalue weighted by Crippen LogP contribution is 2.21. The van der Waals surface area contributed by atoms with Crippen molar-refractivity contribution >= 4 is 81.8 Å². The summed E-state index contributed by atoms with van der Waals surface area (Å²) in [6, 6.07) is -0.454. The highest BCUT2D eigenvalue weighted by atomic mass is 32.2. The van der Waals surface area contributed by atoms with Crippen LogP contribution in [0, 0.1) is 6.92 Å². The number of amides is 6. The number of hydrogen-bond acceptors (Lipinski definition) is 12. The Labute approximate surface area is 318 Å². The van der Waals surface area contributed by atoms with Crippen LogP contribution in [-0.4, -0.2) is 111 Å². The molecule has 6 amide bonds. The molecule has 0 spiro atoms. The second kappa shape index (κ2) is 22.2. The molecule has 2 aromatic rings. The van der Waals surface area contributed by atoms with Crippen LogP contribution in [0.5, 0.6) is 0 Å². The molecule has 0 saturated carbocycles. The van der Waals surface area contributed by atoms with Gasteiger partial charge in [0.1, 0.15) is 29.8 Å². The number of alkyl halides is 3. The highest BCUT2D eigenvalue weighted by Gasteiger charge is 2.38. The van der Waals surface area contributed by atoms with Gasteiger partial charge in [0.05, 0.1) is 12.8 Å². The van der Waals surface area contributed by atoms with E-state index >= 15 is 0 Å². The molecule has 0 bridgehead atoms. The molecule has 0 aliphatic heterocycles. The summed E-state index contributed by atoms with van der Waals surface area (Å²) < 4.78 is 36.9. The molecule has 4 atom stereocenters. The maximum absolute atomic E-state index is 13.4. The van der Waals surface area contributed by atoms with Gasteiger partial charge in [0.25, 0.3) is 0 Å². The summed E-state index contributed by atoms with van der Waals surface area (Å²) in [5.74, 6) is -10.8. The Bertz CT molecular complexity index is 1860. The van der Waals surface area contributed by atoms with Gasteiger partial charge in [0.15, 0.2) is 0 Å². The fourth-order valence-corrected chi connectivity index (χ4v) is 4.99.